The summed E-state index contributed by atoms with van der Waals surface area (Å²) in [5.74, 6) is -1.46. The van der Waals surface area contributed by atoms with Gasteiger partial charge in [0, 0.05) is 19.3 Å². The molecule has 2 aromatic rings. The summed E-state index contributed by atoms with van der Waals surface area (Å²) >= 11 is 0. The predicted octanol–water partition coefficient (Wildman–Crippen LogP) is 3.05. The molecule has 0 saturated heterocycles. The van der Waals surface area contributed by atoms with E-state index in [0.717, 1.165) is 16.8 Å². The molecule has 0 unspecified atom stereocenters. The van der Waals surface area contributed by atoms with Crippen molar-refractivity contribution >= 4 is 23.7 Å². The molecule has 5 heteroatoms. The molecule has 0 heterocycles. The molecule has 2 rings (SSSR count). The highest BCUT2D eigenvalue weighted by molar-refractivity contribution is 6.18. The molecule has 2 aromatic carbocycles. The Morgan fingerprint density at radius 2 is 1.48 bits per heavy atom. The van der Waals surface area contributed by atoms with Crippen LogP contribution in [0.2, 0.25) is 0 Å². The maximum atomic E-state index is 11.9. The number of methoxy groups -OCH3 is 2. The number of hydrogen-bond acceptors (Lipinski definition) is 5. The first-order valence-electron chi connectivity index (χ1n) is 7.79. The van der Waals surface area contributed by atoms with Crippen LogP contribution in [-0.2, 0) is 25.6 Å². The quantitative estimate of drug-likeness (QED) is 0.350. The van der Waals surface area contributed by atoms with E-state index >= 15 is 0 Å². The van der Waals surface area contributed by atoms with Crippen LogP contribution in [0.25, 0.3) is 6.08 Å². The minimum Gasteiger partial charge on any atom is -0.465 e. The molecule has 0 aromatic heterocycles. The normalized spacial score (nSPS) is 9.88. The van der Waals surface area contributed by atoms with Gasteiger partial charge in [-0.05, 0) is 23.3 Å². The molecule has 25 heavy (non-hydrogen) atoms. The van der Waals surface area contributed by atoms with E-state index in [1.54, 1.807) is 0 Å². The zero-order valence-corrected chi connectivity index (χ0v) is 14.6. The highest BCUT2D eigenvalue weighted by Gasteiger charge is 2.20. The molecule has 0 aliphatic heterocycles. The number of esters is 2. The van der Waals surface area contributed by atoms with Gasteiger partial charge in [0.25, 0.3) is 0 Å². The Kier molecular flexibility index (Phi) is 6.34. The molecule has 130 valence electrons. The van der Waals surface area contributed by atoms with Crippen LogP contribution in [0.5, 0.6) is 0 Å². The Morgan fingerprint density at radius 1 is 0.920 bits per heavy atom. The number of hydrogen-bond donors (Lipinski definition) is 0. The van der Waals surface area contributed by atoms with E-state index in [2.05, 4.69) is 9.47 Å². The number of nitrogens with zero attached hydrogens (tertiary/aromatic N) is 1. The summed E-state index contributed by atoms with van der Waals surface area (Å²) in [4.78, 5) is 25.8. The Hall–Kier alpha value is -3.08. The number of carbonyl (C=O) groups excluding carboxylic acids is 2. The average Bonchev–Trinajstić information content (AvgIpc) is 2.66. The highest BCUT2D eigenvalue weighted by Crippen LogP contribution is 2.24. The number of carbonyl (C=O) groups is 2. The molecule has 0 fully saturated rings. The van der Waals surface area contributed by atoms with Crippen molar-refractivity contribution in [3.8, 4) is 0 Å². The van der Waals surface area contributed by atoms with Gasteiger partial charge in [-0.15, -0.1) is 0 Å². The molecule has 0 spiro atoms. The smallest absolute Gasteiger partial charge is 0.345 e. The summed E-state index contributed by atoms with van der Waals surface area (Å²) in [6, 6.07) is 17.6. The molecule has 0 aliphatic rings. The van der Waals surface area contributed by atoms with E-state index in [0.29, 0.717) is 6.54 Å². The Labute approximate surface area is 147 Å². The van der Waals surface area contributed by atoms with Crippen molar-refractivity contribution in [2.45, 2.75) is 6.54 Å². The van der Waals surface area contributed by atoms with E-state index in [4.69, 9.17) is 0 Å². The van der Waals surface area contributed by atoms with Crippen molar-refractivity contribution in [1.82, 2.24) is 0 Å². The van der Waals surface area contributed by atoms with Gasteiger partial charge in [0.05, 0.1) is 14.2 Å². The van der Waals surface area contributed by atoms with E-state index in [1.165, 1.54) is 20.3 Å². The van der Waals surface area contributed by atoms with Crippen LogP contribution in [0.15, 0.2) is 60.2 Å². The van der Waals surface area contributed by atoms with Crippen molar-refractivity contribution in [1.29, 1.82) is 0 Å². The third kappa shape index (κ3) is 4.70. The minimum atomic E-state index is -0.729. The summed E-state index contributed by atoms with van der Waals surface area (Å²) in [7, 11) is 4.41. The minimum absolute atomic E-state index is 0.148. The van der Waals surface area contributed by atoms with Crippen LogP contribution in [0.4, 0.5) is 5.69 Å². The number of rotatable bonds is 6. The molecular formula is C20H21NO4. The highest BCUT2D eigenvalue weighted by atomic mass is 16.5. The van der Waals surface area contributed by atoms with Crippen LogP contribution in [0.1, 0.15) is 11.1 Å². The fourth-order valence-corrected chi connectivity index (χ4v) is 2.48. The molecule has 0 N–H and O–H groups in total. The van der Waals surface area contributed by atoms with Crippen LogP contribution < -0.4 is 4.90 Å². The van der Waals surface area contributed by atoms with E-state index < -0.39 is 11.9 Å². The molecule has 0 saturated carbocycles. The Balaban J connectivity index is 2.37. The van der Waals surface area contributed by atoms with E-state index in [1.807, 2.05) is 66.5 Å². The van der Waals surface area contributed by atoms with Gasteiger partial charge in [0.2, 0.25) is 0 Å². The molecule has 5 nitrogen and oxygen atoms in total. The number of para-hydroxylation sites is 1. The monoisotopic (exact) mass is 339 g/mol. The summed E-state index contributed by atoms with van der Waals surface area (Å²) in [6.45, 7) is 0.692. The zero-order chi connectivity index (χ0) is 18.2. The third-order valence-corrected chi connectivity index (χ3v) is 3.72. The van der Waals surface area contributed by atoms with Gasteiger partial charge in [0.15, 0.2) is 0 Å². The van der Waals surface area contributed by atoms with Crippen molar-refractivity contribution in [3.63, 3.8) is 0 Å². The van der Waals surface area contributed by atoms with E-state index in [-0.39, 0.29) is 5.57 Å². The first-order chi connectivity index (χ1) is 12.1. The first kappa shape index (κ1) is 18.3. The van der Waals surface area contributed by atoms with Crippen LogP contribution in [-0.4, -0.2) is 33.2 Å². The van der Waals surface area contributed by atoms with Gasteiger partial charge in [-0.25, -0.2) is 9.59 Å². The standard InChI is InChI=1S/C20H21NO4/c1-21(14-15-9-5-4-6-10-15)18-12-8-7-11-16(18)13-17(19(22)24-2)20(23)25-3/h4-13H,14H2,1-3H3. The average molecular weight is 339 g/mol. The van der Waals surface area contributed by atoms with Crippen molar-refractivity contribution in [2.24, 2.45) is 0 Å². The number of benzene rings is 2. The molecule has 0 atom stereocenters. The van der Waals surface area contributed by atoms with Gasteiger partial charge in [-0.2, -0.15) is 0 Å². The predicted molar refractivity (Wildman–Crippen MR) is 97.0 cm³/mol. The molecular weight excluding hydrogens is 318 g/mol. The third-order valence-electron chi connectivity index (χ3n) is 3.72. The lowest BCUT2D eigenvalue weighted by Crippen LogP contribution is -2.18. The number of ether oxygens (including phenoxy) is 2. The molecule has 0 bridgehead atoms. The van der Waals surface area contributed by atoms with Crippen LogP contribution in [0, 0.1) is 0 Å². The second kappa shape index (κ2) is 8.68. The van der Waals surface area contributed by atoms with Gasteiger partial charge < -0.3 is 14.4 Å². The SMILES string of the molecule is COC(=O)C(=Cc1ccccc1N(C)Cc1ccccc1)C(=O)OC. The lowest BCUT2D eigenvalue weighted by molar-refractivity contribution is -0.143. The zero-order valence-electron chi connectivity index (χ0n) is 14.6. The largest absolute Gasteiger partial charge is 0.465 e. The Morgan fingerprint density at radius 3 is 2.08 bits per heavy atom. The lowest BCUT2D eigenvalue weighted by atomic mass is 10.1. The fourth-order valence-electron chi connectivity index (χ4n) is 2.48. The van der Waals surface area contributed by atoms with Crippen molar-refractivity contribution in [2.75, 3.05) is 26.2 Å². The summed E-state index contributed by atoms with van der Waals surface area (Å²) in [5.41, 5.74) is 2.62. The van der Waals surface area contributed by atoms with Gasteiger partial charge in [-0.3, -0.25) is 0 Å². The first-order valence-corrected chi connectivity index (χ1v) is 7.79. The maximum Gasteiger partial charge on any atom is 0.345 e. The summed E-state index contributed by atoms with van der Waals surface area (Å²) < 4.78 is 9.36. The Bertz CT molecular complexity index is 750. The van der Waals surface area contributed by atoms with Crippen molar-refractivity contribution < 1.29 is 19.1 Å². The summed E-state index contributed by atoms with van der Waals surface area (Å²) in [6.07, 6.45) is 1.49. The molecule has 0 radical (unpaired) electrons. The van der Waals surface area contributed by atoms with Crippen LogP contribution >= 0.6 is 0 Å². The van der Waals surface area contributed by atoms with Crippen LogP contribution in [0.3, 0.4) is 0 Å². The van der Waals surface area contributed by atoms with Gasteiger partial charge in [-0.1, -0.05) is 48.5 Å². The lowest BCUT2D eigenvalue weighted by Gasteiger charge is -2.22. The van der Waals surface area contributed by atoms with Gasteiger partial charge in [0.1, 0.15) is 5.57 Å². The maximum absolute atomic E-state index is 11.9. The van der Waals surface area contributed by atoms with Gasteiger partial charge >= 0.3 is 11.9 Å². The second-order valence-corrected chi connectivity index (χ2v) is 5.44. The van der Waals surface area contributed by atoms with E-state index in [9.17, 15) is 9.59 Å². The topological polar surface area (TPSA) is 55.8 Å². The van der Waals surface area contributed by atoms with Crippen molar-refractivity contribution in [3.05, 3.63) is 71.3 Å². The molecule has 0 amide bonds. The molecule has 0 aliphatic carbocycles. The summed E-state index contributed by atoms with van der Waals surface area (Å²) in [5, 5.41) is 0. The fraction of sp³-hybridized carbons (Fsp3) is 0.200. The number of anilines is 1. The second-order valence-electron chi connectivity index (χ2n) is 5.44.